The van der Waals surface area contributed by atoms with Gasteiger partial charge in [-0.3, -0.25) is 4.79 Å². The number of sulfonamides is 1. The van der Waals surface area contributed by atoms with Crippen molar-refractivity contribution in [3.8, 4) is 5.75 Å². The van der Waals surface area contributed by atoms with Gasteiger partial charge in [0.05, 0.1) is 22.4 Å². The lowest BCUT2D eigenvalue weighted by Gasteiger charge is -2.30. The molecule has 2 aromatic rings. The van der Waals surface area contributed by atoms with Gasteiger partial charge in [-0.2, -0.15) is 0 Å². The molecule has 6 nitrogen and oxygen atoms in total. The highest BCUT2D eigenvalue weighted by Gasteiger charge is 2.31. The highest BCUT2D eigenvalue weighted by Crippen LogP contribution is 2.27. The molecule has 0 radical (unpaired) electrons. The van der Waals surface area contributed by atoms with Crippen molar-refractivity contribution in [3.05, 3.63) is 58.1 Å². The second-order valence-electron chi connectivity index (χ2n) is 7.13. The van der Waals surface area contributed by atoms with Gasteiger partial charge in [-0.1, -0.05) is 35.3 Å². The van der Waals surface area contributed by atoms with E-state index < -0.39 is 10.0 Å². The van der Waals surface area contributed by atoms with Gasteiger partial charge in [0.2, 0.25) is 15.9 Å². The molecule has 0 spiro atoms. The molecule has 0 unspecified atom stereocenters. The minimum atomic E-state index is -3.50. The van der Waals surface area contributed by atoms with Crippen LogP contribution in [-0.4, -0.2) is 38.3 Å². The van der Waals surface area contributed by atoms with Crippen molar-refractivity contribution in [3.63, 3.8) is 0 Å². The summed E-state index contributed by atoms with van der Waals surface area (Å²) < 4.78 is 32.4. The Morgan fingerprint density at radius 2 is 1.87 bits per heavy atom. The zero-order valence-corrected chi connectivity index (χ0v) is 18.9. The van der Waals surface area contributed by atoms with E-state index in [2.05, 4.69) is 5.32 Å². The fraction of sp³-hybridized carbons (Fsp3) is 0.381. The van der Waals surface area contributed by atoms with Crippen molar-refractivity contribution < 1.29 is 17.9 Å². The lowest BCUT2D eigenvalue weighted by molar-refractivity contribution is -0.120. The predicted molar refractivity (Wildman–Crippen MR) is 120 cm³/mol. The van der Waals surface area contributed by atoms with Gasteiger partial charge >= 0.3 is 0 Å². The number of rotatable bonds is 7. The Kier molecular flexibility index (Phi) is 7.63. The number of carbonyl (C=O) groups is 1. The van der Waals surface area contributed by atoms with E-state index in [0.29, 0.717) is 59.6 Å². The summed E-state index contributed by atoms with van der Waals surface area (Å²) in [6.07, 6.45) is 0.940. The smallest absolute Gasteiger partial charge is 0.227 e. The molecule has 1 fully saturated rings. The first-order chi connectivity index (χ1) is 14.3. The van der Waals surface area contributed by atoms with Gasteiger partial charge < -0.3 is 10.1 Å². The first-order valence-corrected chi connectivity index (χ1v) is 12.1. The molecule has 2 aromatic carbocycles. The van der Waals surface area contributed by atoms with Crippen molar-refractivity contribution in [1.29, 1.82) is 0 Å². The predicted octanol–water partition coefficient (Wildman–Crippen LogP) is 4.57. The molecule has 1 aliphatic rings. The Morgan fingerprint density at radius 1 is 1.13 bits per heavy atom. The van der Waals surface area contributed by atoms with Crippen LogP contribution < -0.4 is 10.1 Å². The molecule has 1 heterocycles. The number of anilines is 1. The van der Waals surface area contributed by atoms with Gasteiger partial charge in [-0.05, 0) is 49.6 Å². The summed E-state index contributed by atoms with van der Waals surface area (Å²) in [5.74, 6) is 0.200. The molecule has 3 rings (SSSR count). The number of amides is 1. The normalized spacial score (nSPS) is 15.7. The molecule has 1 saturated heterocycles. The van der Waals surface area contributed by atoms with Crippen LogP contribution in [-0.2, 0) is 20.6 Å². The summed E-state index contributed by atoms with van der Waals surface area (Å²) in [6, 6.07) is 12.0. The molecule has 0 atom stereocenters. The van der Waals surface area contributed by atoms with Gasteiger partial charge in [0.1, 0.15) is 5.75 Å². The lowest BCUT2D eigenvalue weighted by atomic mass is 9.97. The number of nitrogens with one attached hydrogen (secondary N) is 1. The summed E-state index contributed by atoms with van der Waals surface area (Å²) >= 11 is 11.9. The minimum absolute atomic E-state index is 0.106. The van der Waals surface area contributed by atoms with Gasteiger partial charge in [-0.25, -0.2) is 12.7 Å². The van der Waals surface area contributed by atoms with E-state index in [-0.39, 0.29) is 17.6 Å². The van der Waals surface area contributed by atoms with Crippen molar-refractivity contribution >= 4 is 44.8 Å². The fourth-order valence-electron chi connectivity index (χ4n) is 3.40. The van der Waals surface area contributed by atoms with E-state index >= 15 is 0 Å². The first kappa shape index (κ1) is 22.9. The molecule has 0 aromatic heterocycles. The lowest BCUT2D eigenvalue weighted by Crippen LogP contribution is -2.41. The summed E-state index contributed by atoms with van der Waals surface area (Å²) in [7, 11) is -3.50. The van der Waals surface area contributed by atoms with Crippen LogP contribution in [0.2, 0.25) is 10.0 Å². The maximum Gasteiger partial charge on any atom is 0.227 e. The number of halogens is 2. The highest BCUT2D eigenvalue weighted by molar-refractivity contribution is 7.88. The third kappa shape index (κ3) is 5.88. The molecule has 1 aliphatic heterocycles. The second kappa shape index (κ2) is 10.0. The maximum absolute atomic E-state index is 12.8. The van der Waals surface area contributed by atoms with Crippen LogP contribution in [0.25, 0.3) is 0 Å². The molecule has 1 N–H and O–H groups in total. The van der Waals surface area contributed by atoms with Crippen LogP contribution in [0.5, 0.6) is 5.75 Å². The zero-order valence-electron chi connectivity index (χ0n) is 16.6. The number of carbonyl (C=O) groups excluding carboxylic acids is 1. The van der Waals surface area contributed by atoms with E-state index in [1.807, 2.05) is 19.1 Å². The molecular formula is C21H24Cl2N2O4S. The molecule has 9 heteroatoms. The van der Waals surface area contributed by atoms with Crippen LogP contribution >= 0.6 is 23.2 Å². The number of hydrogen-bond acceptors (Lipinski definition) is 4. The molecular weight excluding hydrogens is 447 g/mol. The van der Waals surface area contributed by atoms with Crippen LogP contribution in [0.3, 0.4) is 0 Å². The third-order valence-corrected chi connectivity index (χ3v) is 7.55. The monoisotopic (exact) mass is 470 g/mol. The molecule has 162 valence electrons. The van der Waals surface area contributed by atoms with Crippen LogP contribution in [0.15, 0.2) is 42.5 Å². The van der Waals surface area contributed by atoms with Crippen LogP contribution in [0.1, 0.15) is 25.3 Å². The Labute approximate surface area is 187 Å². The fourth-order valence-corrected chi connectivity index (χ4v) is 5.27. The van der Waals surface area contributed by atoms with Crippen molar-refractivity contribution in [1.82, 2.24) is 4.31 Å². The number of benzene rings is 2. The zero-order chi connectivity index (χ0) is 21.7. The van der Waals surface area contributed by atoms with E-state index in [1.165, 1.54) is 4.31 Å². The van der Waals surface area contributed by atoms with Gasteiger partial charge in [0, 0.05) is 30.8 Å². The van der Waals surface area contributed by atoms with Gasteiger partial charge in [0.15, 0.2) is 0 Å². The maximum atomic E-state index is 12.8. The summed E-state index contributed by atoms with van der Waals surface area (Å²) in [5.41, 5.74) is 1.25. The van der Waals surface area contributed by atoms with E-state index in [0.717, 1.165) is 0 Å². The Bertz CT molecular complexity index is 1010. The summed E-state index contributed by atoms with van der Waals surface area (Å²) in [4.78, 5) is 12.6. The quantitative estimate of drug-likeness (QED) is 0.642. The SMILES string of the molecule is CCOc1cccc(NC(=O)C2CCN(S(=O)(=O)Cc3ccc(Cl)c(Cl)c3)CC2)c1. The molecule has 0 saturated carbocycles. The molecule has 0 aliphatic carbocycles. The molecule has 1 amide bonds. The number of nitrogens with zero attached hydrogens (tertiary/aromatic N) is 1. The molecule has 30 heavy (non-hydrogen) atoms. The first-order valence-electron chi connectivity index (χ1n) is 9.74. The highest BCUT2D eigenvalue weighted by atomic mass is 35.5. The minimum Gasteiger partial charge on any atom is -0.494 e. The Hall–Kier alpha value is -1.80. The van der Waals surface area contributed by atoms with Crippen molar-refractivity contribution in [2.75, 3.05) is 25.0 Å². The van der Waals surface area contributed by atoms with E-state index in [4.69, 9.17) is 27.9 Å². The van der Waals surface area contributed by atoms with Gasteiger partial charge in [-0.15, -0.1) is 0 Å². The van der Waals surface area contributed by atoms with Gasteiger partial charge in [0.25, 0.3) is 0 Å². The number of hydrogen-bond donors (Lipinski definition) is 1. The number of piperidine rings is 1. The summed E-state index contributed by atoms with van der Waals surface area (Å²) in [6.45, 7) is 3.06. The van der Waals surface area contributed by atoms with E-state index in [9.17, 15) is 13.2 Å². The topological polar surface area (TPSA) is 75.7 Å². The standard InChI is InChI=1S/C21H24Cl2N2O4S/c1-2-29-18-5-3-4-17(13-18)24-21(26)16-8-10-25(11-9-16)30(27,28)14-15-6-7-19(22)20(23)12-15/h3-7,12-13,16H,2,8-11,14H2,1H3,(H,24,26). The Morgan fingerprint density at radius 3 is 2.53 bits per heavy atom. The van der Waals surface area contributed by atoms with Crippen molar-refractivity contribution in [2.24, 2.45) is 5.92 Å². The average molecular weight is 471 g/mol. The second-order valence-corrected chi connectivity index (χ2v) is 9.91. The largest absolute Gasteiger partial charge is 0.494 e. The Balaban J connectivity index is 1.56. The van der Waals surface area contributed by atoms with Crippen molar-refractivity contribution in [2.45, 2.75) is 25.5 Å². The average Bonchev–Trinajstić information content (AvgIpc) is 2.71. The molecule has 0 bridgehead atoms. The number of ether oxygens (including phenoxy) is 1. The van der Waals surface area contributed by atoms with E-state index in [1.54, 1.807) is 30.3 Å². The van der Waals surface area contributed by atoms with Crippen LogP contribution in [0, 0.1) is 5.92 Å². The third-order valence-electron chi connectivity index (χ3n) is 4.96. The summed E-state index contributed by atoms with van der Waals surface area (Å²) in [5, 5.41) is 3.61. The van der Waals surface area contributed by atoms with Crippen LogP contribution in [0.4, 0.5) is 5.69 Å².